The molecule has 32 heavy (non-hydrogen) atoms. The fourth-order valence-electron chi connectivity index (χ4n) is 3.41. The van der Waals surface area contributed by atoms with E-state index >= 15 is 0 Å². The van der Waals surface area contributed by atoms with Crippen LogP contribution >= 0.6 is 0 Å². The fraction of sp³-hybridized carbons (Fsp3) is 0.692. The van der Waals surface area contributed by atoms with Crippen molar-refractivity contribution in [1.29, 1.82) is 0 Å². The minimum atomic E-state index is -1.80. The zero-order valence-electron chi connectivity index (χ0n) is 22.1. The SMILES string of the molecule is C=C(C[C@@H](O)C[C@@H](CCO[Si](C)(C)C(C)(C)C)OCc1ccc(OC)cc1)C[Si](C)(C)C. The van der Waals surface area contributed by atoms with Gasteiger partial charge in [0.2, 0.25) is 0 Å². The molecule has 0 unspecified atom stereocenters. The number of methoxy groups -OCH3 is 1. The number of ether oxygens (including phenoxy) is 2. The lowest BCUT2D eigenvalue weighted by molar-refractivity contribution is -0.00736. The highest BCUT2D eigenvalue weighted by molar-refractivity contribution is 6.76. The van der Waals surface area contributed by atoms with E-state index in [9.17, 15) is 5.11 Å². The van der Waals surface area contributed by atoms with Gasteiger partial charge in [0.25, 0.3) is 0 Å². The maximum absolute atomic E-state index is 10.8. The maximum atomic E-state index is 10.8. The molecule has 0 aliphatic heterocycles. The van der Waals surface area contributed by atoms with Crippen LogP contribution in [0.25, 0.3) is 0 Å². The molecule has 0 saturated carbocycles. The van der Waals surface area contributed by atoms with E-state index in [1.807, 2.05) is 24.3 Å². The summed E-state index contributed by atoms with van der Waals surface area (Å²) in [6, 6.07) is 8.99. The Morgan fingerprint density at radius 3 is 2.16 bits per heavy atom. The summed E-state index contributed by atoms with van der Waals surface area (Å²) in [6.07, 6.45) is 1.53. The Hall–Kier alpha value is -0.926. The standard InChI is InChI=1S/C26H48O4Si2/c1-21(20-31(6,7)8)17-23(27)18-25(15-16-30-32(9,10)26(2,3)4)29-19-22-11-13-24(28-5)14-12-22/h11-14,23,25,27H,1,15-20H2,2-10H3/t23-,25-/m1/s1. The molecule has 0 heterocycles. The van der Waals surface area contributed by atoms with Crippen LogP contribution in [0.2, 0.25) is 43.8 Å². The molecule has 0 spiro atoms. The van der Waals surface area contributed by atoms with Gasteiger partial charge in [0.15, 0.2) is 8.32 Å². The molecule has 0 aromatic heterocycles. The molecule has 0 aliphatic carbocycles. The van der Waals surface area contributed by atoms with Gasteiger partial charge in [-0.15, -0.1) is 6.58 Å². The molecular formula is C26H48O4Si2. The van der Waals surface area contributed by atoms with Crippen LogP contribution < -0.4 is 4.74 Å². The van der Waals surface area contributed by atoms with Gasteiger partial charge in [-0.3, -0.25) is 0 Å². The highest BCUT2D eigenvalue weighted by Gasteiger charge is 2.37. The third kappa shape index (κ3) is 11.3. The van der Waals surface area contributed by atoms with E-state index in [0.717, 1.165) is 29.4 Å². The van der Waals surface area contributed by atoms with Crippen LogP contribution in [0.15, 0.2) is 36.4 Å². The zero-order valence-corrected chi connectivity index (χ0v) is 24.1. The number of benzene rings is 1. The minimum absolute atomic E-state index is 0.0587. The largest absolute Gasteiger partial charge is 0.497 e. The lowest BCUT2D eigenvalue weighted by Gasteiger charge is -2.36. The molecule has 4 nitrogen and oxygen atoms in total. The van der Waals surface area contributed by atoms with Gasteiger partial charge in [-0.2, -0.15) is 0 Å². The van der Waals surface area contributed by atoms with E-state index in [1.165, 1.54) is 0 Å². The molecule has 0 bridgehead atoms. The average molecular weight is 481 g/mol. The topological polar surface area (TPSA) is 47.9 Å². The first kappa shape index (κ1) is 29.1. The summed E-state index contributed by atoms with van der Waals surface area (Å²) in [6.45, 7) is 23.7. The predicted octanol–water partition coefficient (Wildman–Crippen LogP) is 7.03. The van der Waals surface area contributed by atoms with E-state index in [-0.39, 0.29) is 11.1 Å². The predicted molar refractivity (Wildman–Crippen MR) is 142 cm³/mol. The normalized spacial score (nSPS) is 14.8. The monoisotopic (exact) mass is 480 g/mol. The molecule has 1 N–H and O–H groups in total. The second-order valence-electron chi connectivity index (χ2n) is 11.8. The lowest BCUT2D eigenvalue weighted by Crippen LogP contribution is -2.41. The molecule has 1 aromatic carbocycles. The highest BCUT2D eigenvalue weighted by atomic mass is 28.4. The first-order valence-electron chi connectivity index (χ1n) is 11.9. The molecular weight excluding hydrogens is 432 g/mol. The summed E-state index contributed by atoms with van der Waals surface area (Å²) < 4.78 is 17.9. The van der Waals surface area contributed by atoms with Crippen LogP contribution in [-0.2, 0) is 15.8 Å². The summed E-state index contributed by atoms with van der Waals surface area (Å²) >= 11 is 0. The quantitative estimate of drug-likeness (QED) is 0.229. The Labute approximate surface area is 199 Å². The number of aliphatic hydroxyl groups excluding tert-OH is 1. The maximum Gasteiger partial charge on any atom is 0.191 e. The molecule has 0 aliphatic rings. The Morgan fingerprint density at radius 1 is 1.06 bits per heavy atom. The van der Waals surface area contributed by atoms with Crippen molar-refractivity contribution in [2.75, 3.05) is 13.7 Å². The Bertz CT molecular complexity index is 687. The van der Waals surface area contributed by atoms with Crippen LogP contribution in [0.4, 0.5) is 0 Å². The third-order valence-corrected chi connectivity index (χ3v) is 12.3. The van der Waals surface area contributed by atoms with E-state index in [0.29, 0.717) is 26.1 Å². The van der Waals surface area contributed by atoms with Gasteiger partial charge in [0.1, 0.15) is 5.75 Å². The number of rotatable bonds is 14. The van der Waals surface area contributed by atoms with Crippen LogP contribution in [0.3, 0.4) is 0 Å². The van der Waals surface area contributed by atoms with Gasteiger partial charge in [-0.05, 0) is 61.1 Å². The van der Waals surface area contributed by atoms with Crippen molar-refractivity contribution in [3.05, 3.63) is 42.0 Å². The van der Waals surface area contributed by atoms with E-state index < -0.39 is 22.5 Å². The molecule has 0 amide bonds. The molecule has 1 rings (SSSR count). The van der Waals surface area contributed by atoms with E-state index in [1.54, 1.807) is 7.11 Å². The van der Waals surface area contributed by atoms with Crippen molar-refractivity contribution in [3.63, 3.8) is 0 Å². The van der Waals surface area contributed by atoms with Gasteiger partial charge in [0, 0.05) is 14.7 Å². The van der Waals surface area contributed by atoms with Gasteiger partial charge < -0.3 is 19.0 Å². The Balaban J connectivity index is 2.72. The first-order chi connectivity index (χ1) is 14.6. The third-order valence-electron chi connectivity index (χ3n) is 6.19. The average Bonchev–Trinajstić information content (AvgIpc) is 2.63. The van der Waals surface area contributed by atoms with E-state index in [2.05, 4.69) is 60.1 Å². The summed E-state index contributed by atoms with van der Waals surface area (Å²) in [5.41, 5.74) is 2.25. The van der Waals surface area contributed by atoms with Crippen LogP contribution in [0.1, 0.15) is 45.6 Å². The Kier molecular flexibility index (Phi) is 11.4. The van der Waals surface area contributed by atoms with Gasteiger partial charge in [0.05, 0.1) is 25.9 Å². The summed E-state index contributed by atoms with van der Waals surface area (Å²) in [7, 11) is -1.36. The fourth-order valence-corrected chi connectivity index (χ4v) is 6.11. The molecule has 1 aromatic rings. The van der Waals surface area contributed by atoms with Gasteiger partial charge >= 0.3 is 0 Å². The smallest absolute Gasteiger partial charge is 0.191 e. The molecule has 0 fully saturated rings. The highest BCUT2D eigenvalue weighted by Crippen LogP contribution is 2.36. The van der Waals surface area contributed by atoms with Crippen molar-refractivity contribution in [3.8, 4) is 5.75 Å². The number of aliphatic hydroxyl groups is 1. The molecule has 0 saturated heterocycles. The van der Waals surface area contributed by atoms with Crippen molar-refractivity contribution < 1.29 is 19.0 Å². The lowest BCUT2D eigenvalue weighted by atomic mass is 10.0. The van der Waals surface area contributed by atoms with Crippen molar-refractivity contribution >= 4 is 16.4 Å². The van der Waals surface area contributed by atoms with Gasteiger partial charge in [-0.1, -0.05) is 58.1 Å². The molecule has 0 radical (unpaired) electrons. The van der Waals surface area contributed by atoms with E-state index in [4.69, 9.17) is 13.9 Å². The first-order valence-corrected chi connectivity index (χ1v) is 18.5. The summed E-state index contributed by atoms with van der Waals surface area (Å²) in [5.74, 6) is 0.837. The van der Waals surface area contributed by atoms with Crippen molar-refractivity contribution in [1.82, 2.24) is 0 Å². The summed E-state index contributed by atoms with van der Waals surface area (Å²) in [5, 5.41) is 10.9. The zero-order chi connectivity index (χ0) is 24.6. The van der Waals surface area contributed by atoms with Crippen molar-refractivity contribution in [2.45, 2.75) is 103 Å². The minimum Gasteiger partial charge on any atom is -0.497 e. The Morgan fingerprint density at radius 2 is 1.66 bits per heavy atom. The molecule has 2 atom stereocenters. The molecule has 184 valence electrons. The van der Waals surface area contributed by atoms with Crippen LogP contribution in [-0.4, -0.2) is 47.4 Å². The number of hydrogen-bond donors (Lipinski definition) is 1. The van der Waals surface area contributed by atoms with Crippen molar-refractivity contribution in [2.24, 2.45) is 0 Å². The van der Waals surface area contributed by atoms with Crippen LogP contribution in [0, 0.1) is 0 Å². The second kappa shape index (κ2) is 12.5. The van der Waals surface area contributed by atoms with Crippen LogP contribution in [0.5, 0.6) is 5.75 Å². The van der Waals surface area contributed by atoms with Gasteiger partial charge in [-0.25, -0.2) is 0 Å². The second-order valence-corrected chi connectivity index (χ2v) is 22.0. The number of hydrogen-bond acceptors (Lipinski definition) is 4. The summed E-state index contributed by atoms with van der Waals surface area (Å²) in [4.78, 5) is 0. The molecule has 6 heteroatoms.